The first-order chi connectivity index (χ1) is 14.1. The van der Waals surface area contributed by atoms with Crippen LogP contribution in [0.3, 0.4) is 0 Å². The summed E-state index contributed by atoms with van der Waals surface area (Å²) in [4.78, 5) is 28.5. The molecule has 0 fully saturated rings. The van der Waals surface area contributed by atoms with Gasteiger partial charge in [-0.2, -0.15) is 0 Å². The second-order valence-corrected chi connectivity index (χ2v) is 6.46. The number of hydrogen-bond donors (Lipinski definition) is 1. The van der Waals surface area contributed by atoms with Crippen LogP contribution in [-0.4, -0.2) is 28.6 Å². The Morgan fingerprint density at radius 3 is 2.66 bits per heavy atom. The number of para-hydroxylation sites is 1. The molecule has 0 unspecified atom stereocenters. The molecule has 0 radical (unpaired) electrons. The highest BCUT2D eigenvalue weighted by Gasteiger charge is 2.14. The molecule has 144 valence electrons. The van der Waals surface area contributed by atoms with Crippen LogP contribution in [0.15, 0.2) is 71.3 Å². The summed E-state index contributed by atoms with van der Waals surface area (Å²) in [5.41, 5.74) is 3.41. The van der Waals surface area contributed by atoms with E-state index in [4.69, 9.17) is 9.26 Å². The average Bonchev–Trinajstić information content (AvgIpc) is 3.20. The number of rotatable bonds is 5. The molecule has 0 aliphatic carbocycles. The molecule has 7 nitrogen and oxygen atoms in total. The first-order valence-electron chi connectivity index (χ1n) is 8.95. The van der Waals surface area contributed by atoms with E-state index in [1.165, 1.54) is 0 Å². The van der Waals surface area contributed by atoms with Crippen molar-refractivity contribution < 1.29 is 18.8 Å². The second-order valence-electron chi connectivity index (χ2n) is 6.46. The molecule has 1 amide bonds. The number of benzene rings is 2. The summed E-state index contributed by atoms with van der Waals surface area (Å²) in [6.45, 7) is 1.53. The Labute approximate surface area is 166 Å². The van der Waals surface area contributed by atoms with Crippen molar-refractivity contribution in [2.24, 2.45) is 0 Å². The van der Waals surface area contributed by atoms with E-state index in [0.717, 1.165) is 16.5 Å². The van der Waals surface area contributed by atoms with E-state index in [-0.39, 0.29) is 11.6 Å². The fourth-order valence-corrected chi connectivity index (χ4v) is 2.75. The molecule has 0 saturated carbocycles. The van der Waals surface area contributed by atoms with Crippen molar-refractivity contribution in [3.8, 4) is 11.3 Å². The summed E-state index contributed by atoms with van der Waals surface area (Å²) in [7, 11) is 0. The Morgan fingerprint density at radius 2 is 1.83 bits per heavy atom. The van der Waals surface area contributed by atoms with Crippen molar-refractivity contribution in [1.29, 1.82) is 0 Å². The molecule has 0 atom stereocenters. The zero-order valence-corrected chi connectivity index (χ0v) is 15.6. The molecule has 4 aromatic rings. The largest absolute Gasteiger partial charge is 0.451 e. The van der Waals surface area contributed by atoms with Gasteiger partial charge >= 0.3 is 5.97 Å². The number of anilines is 1. The van der Waals surface area contributed by atoms with Crippen molar-refractivity contribution in [3.63, 3.8) is 0 Å². The maximum atomic E-state index is 12.2. The molecular formula is C22H17N3O4. The third-order valence-corrected chi connectivity index (χ3v) is 4.26. The van der Waals surface area contributed by atoms with Crippen LogP contribution in [0.25, 0.3) is 22.2 Å². The van der Waals surface area contributed by atoms with E-state index in [2.05, 4.69) is 15.5 Å². The zero-order chi connectivity index (χ0) is 20.2. The molecule has 2 aromatic heterocycles. The SMILES string of the molecule is Cc1ccc(-c2cc(NC(=O)COC(=O)c3ccc4ccccc4n3)on2)cc1. The number of hydrogen-bond acceptors (Lipinski definition) is 6. The van der Waals surface area contributed by atoms with Gasteiger partial charge in [0.1, 0.15) is 11.4 Å². The van der Waals surface area contributed by atoms with Gasteiger partial charge in [0.05, 0.1) is 5.52 Å². The minimum atomic E-state index is -0.677. The molecule has 0 saturated heterocycles. The Bertz CT molecular complexity index is 1180. The summed E-state index contributed by atoms with van der Waals surface area (Å²) in [6.07, 6.45) is 0. The van der Waals surface area contributed by atoms with Crippen LogP contribution in [0, 0.1) is 6.92 Å². The summed E-state index contributed by atoms with van der Waals surface area (Å²) >= 11 is 0. The minimum Gasteiger partial charge on any atom is -0.451 e. The molecule has 2 aromatic carbocycles. The fraction of sp³-hybridized carbons (Fsp3) is 0.0909. The number of nitrogens with one attached hydrogen (secondary N) is 1. The minimum absolute atomic E-state index is 0.137. The van der Waals surface area contributed by atoms with Crippen LogP contribution in [0.4, 0.5) is 5.88 Å². The van der Waals surface area contributed by atoms with Crippen molar-refractivity contribution in [2.75, 3.05) is 11.9 Å². The first kappa shape index (κ1) is 18.4. The Balaban J connectivity index is 1.35. The standard InChI is InChI=1S/C22H17N3O4/c1-14-6-8-16(9-7-14)19-12-21(29-25-19)24-20(26)13-28-22(27)18-11-10-15-4-2-3-5-17(15)23-18/h2-12H,13H2,1H3,(H,24,26). The lowest BCUT2D eigenvalue weighted by molar-refractivity contribution is -0.119. The number of carbonyl (C=O) groups excluding carboxylic acids is 2. The van der Waals surface area contributed by atoms with Crippen LogP contribution in [0.2, 0.25) is 0 Å². The molecule has 4 rings (SSSR count). The van der Waals surface area contributed by atoms with Gasteiger partial charge in [-0.1, -0.05) is 59.3 Å². The van der Waals surface area contributed by atoms with Gasteiger partial charge in [0.2, 0.25) is 5.88 Å². The lowest BCUT2D eigenvalue weighted by Gasteiger charge is -2.05. The van der Waals surface area contributed by atoms with E-state index in [1.54, 1.807) is 24.3 Å². The fourth-order valence-electron chi connectivity index (χ4n) is 2.75. The number of amides is 1. The van der Waals surface area contributed by atoms with Crippen LogP contribution in [0.5, 0.6) is 0 Å². The molecule has 0 aliphatic rings. The third-order valence-electron chi connectivity index (χ3n) is 4.26. The van der Waals surface area contributed by atoms with E-state index in [9.17, 15) is 9.59 Å². The highest BCUT2D eigenvalue weighted by molar-refractivity contribution is 5.95. The quantitative estimate of drug-likeness (QED) is 0.520. The average molecular weight is 387 g/mol. The van der Waals surface area contributed by atoms with Gasteiger partial charge in [-0.05, 0) is 19.1 Å². The summed E-state index contributed by atoms with van der Waals surface area (Å²) in [5.74, 6) is -1.04. The number of fused-ring (bicyclic) bond motifs is 1. The first-order valence-corrected chi connectivity index (χ1v) is 8.95. The Morgan fingerprint density at radius 1 is 1.03 bits per heavy atom. The van der Waals surface area contributed by atoms with Crippen LogP contribution in [-0.2, 0) is 9.53 Å². The van der Waals surface area contributed by atoms with Crippen molar-refractivity contribution in [1.82, 2.24) is 10.1 Å². The van der Waals surface area contributed by atoms with E-state index >= 15 is 0 Å². The van der Waals surface area contributed by atoms with Gasteiger partial charge in [0.15, 0.2) is 6.61 Å². The maximum absolute atomic E-state index is 12.2. The predicted octanol–water partition coefficient (Wildman–Crippen LogP) is 3.99. The molecule has 0 bridgehead atoms. The van der Waals surface area contributed by atoms with Crippen molar-refractivity contribution in [2.45, 2.75) is 6.92 Å². The van der Waals surface area contributed by atoms with Gasteiger partial charge in [0, 0.05) is 17.0 Å². The topological polar surface area (TPSA) is 94.3 Å². The maximum Gasteiger partial charge on any atom is 0.357 e. The highest BCUT2D eigenvalue weighted by atomic mass is 16.5. The molecule has 29 heavy (non-hydrogen) atoms. The summed E-state index contributed by atoms with van der Waals surface area (Å²) < 4.78 is 10.2. The van der Waals surface area contributed by atoms with E-state index in [0.29, 0.717) is 11.2 Å². The third kappa shape index (κ3) is 4.30. The number of carbonyl (C=O) groups is 2. The van der Waals surface area contributed by atoms with Crippen LogP contribution >= 0.6 is 0 Å². The molecule has 0 spiro atoms. The highest BCUT2D eigenvalue weighted by Crippen LogP contribution is 2.22. The molecule has 2 heterocycles. The van der Waals surface area contributed by atoms with Crippen LogP contribution < -0.4 is 5.32 Å². The van der Waals surface area contributed by atoms with Gasteiger partial charge in [-0.25, -0.2) is 9.78 Å². The van der Waals surface area contributed by atoms with Gasteiger partial charge < -0.3 is 9.26 Å². The Kier molecular flexibility index (Phi) is 5.03. The molecule has 7 heteroatoms. The van der Waals surface area contributed by atoms with Crippen molar-refractivity contribution in [3.05, 3.63) is 78.0 Å². The normalized spacial score (nSPS) is 10.7. The van der Waals surface area contributed by atoms with E-state index < -0.39 is 18.5 Å². The molecule has 0 aliphatic heterocycles. The molecular weight excluding hydrogens is 370 g/mol. The van der Waals surface area contributed by atoms with E-state index in [1.807, 2.05) is 49.4 Å². The monoisotopic (exact) mass is 387 g/mol. The van der Waals surface area contributed by atoms with Gasteiger partial charge in [-0.3, -0.25) is 10.1 Å². The van der Waals surface area contributed by atoms with Crippen LogP contribution in [0.1, 0.15) is 16.1 Å². The predicted molar refractivity (Wildman–Crippen MR) is 107 cm³/mol. The Hall–Kier alpha value is -4.00. The van der Waals surface area contributed by atoms with Crippen molar-refractivity contribution >= 4 is 28.7 Å². The summed E-state index contributed by atoms with van der Waals surface area (Å²) in [5, 5.41) is 7.36. The number of esters is 1. The number of ether oxygens (including phenoxy) is 1. The summed E-state index contributed by atoms with van der Waals surface area (Å²) in [6, 6.07) is 20.1. The zero-order valence-electron chi connectivity index (χ0n) is 15.6. The van der Waals surface area contributed by atoms with Gasteiger partial charge in [-0.15, -0.1) is 0 Å². The number of aryl methyl sites for hydroxylation is 1. The lowest BCUT2D eigenvalue weighted by Crippen LogP contribution is -2.21. The second kappa shape index (κ2) is 7.93. The molecule has 1 N–H and O–H groups in total. The number of aromatic nitrogens is 2. The number of nitrogens with zero attached hydrogens (tertiary/aromatic N) is 2. The van der Waals surface area contributed by atoms with Gasteiger partial charge in [0.25, 0.3) is 5.91 Å². The number of pyridine rings is 1. The lowest BCUT2D eigenvalue weighted by atomic mass is 10.1. The smallest absolute Gasteiger partial charge is 0.357 e.